The van der Waals surface area contributed by atoms with Gasteiger partial charge in [-0.3, -0.25) is 0 Å². The van der Waals surface area contributed by atoms with Crippen molar-refractivity contribution in [3.05, 3.63) is 0 Å². The van der Waals surface area contributed by atoms with Gasteiger partial charge < -0.3 is 0 Å². The monoisotopic (exact) mass is 141 g/mol. The van der Waals surface area contributed by atoms with Crippen molar-refractivity contribution in [2.24, 2.45) is 11.3 Å². The summed E-state index contributed by atoms with van der Waals surface area (Å²) in [6, 6.07) is 0. The van der Waals surface area contributed by atoms with Gasteiger partial charge in [0.25, 0.3) is 0 Å². The zero-order valence-electron chi connectivity index (χ0n) is 7.02. The molecular weight excluding hydrogens is 124 g/mol. The molecule has 1 radical (unpaired) electrons. The minimum absolute atomic E-state index is 0.0581. The molecule has 1 rings (SSSR count). The van der Waals surface area contributed by atoms with Gasteiger partial charge in [0, 0.05) is 0 Å². The summed E-state index contributed by atoms with van der Waals surface area (Å²) in [5.74, 6) is 0.978. The van der Waals surface area contributed by atoms with Crippen LogP contribution in [0.1, 0.15) is 39.5 Å². The lowest BCUT2D eigenvalue weighted by molar-refractivity contribution is 0.0844. The fourth-order valence-corrected chi connectivity index (χ4v) is 1.07. The minimum Gasteiger partial charge on any atom is -0.236 e. The van der Waals surface area contributed by atoms with Crippen molar-refractivity contribution in [1.29, 1.82) is 0 Å². The average molecular weight is 141 g/mol. The molecule has 1 heteroatoms. The Morgan fingerprint density at radius 2 is 2.00 bits per heavy atom. The van der Waals surface area contributed by atoms with Crippen molar-refractivity contribution in [3.8, 4) is 0 Å². The van der Waals surface area contributed by atoms with E-state index in [1.54, 1.807) is 0 Å². The summed E-state index contributed by atoms with van der Waals surface area (Å²) in [5.41, 5.74) is 0.0581. The molecule has 0 spiro atoms. The molecule has 1 aliphatic carbocycles. The van der Waals surface area contributed by atoms with Crippen molar-refractivity contribution in [1.82, 2.24) is 0 Å². The van der Waals surface area contributed by atoms with E-state index in [0.29, 0.717) is 0 Å². The molecule has 0 unspecified atom stereocenters. The van der Waals surface area contributed by atoms with E-state index in [9.17, 15) is 5.11 Å². The molecule has 0 N–H and O–H groups in total. The van der Waals surface area contributed by atoms with Crippen LogP contribution in [-0.2, 0) is 5.11 Å². The molecule has 0 saturated heterocycles. The van der Waals surface area contributed by atoms with Crippen LogP contribution in [0.2, 0.25) is 0 Å². The summed E-state index contributed by atoms with van der Waals surface area (Å²) in [4.78, 5) is 0. The highest BCUT2D eigenvalue weighted by atomic mass is 16.3. The van der Waals surface area contributed by atoms with Crippen molar-refractivity contribution < 1.29 is 5.11 Å². The van der Waals surface area contributed by atoms with Gasteiger partial charge in [-0.25, -0.2) is 5.11 Å². The fourth-order valence-electron chi connectivity index (χ4n) is 1.07. The first-order valence-corrected chi connectivity index (χ1v) is 4.22. The molecular formula is C9H17O. The van der Waals surface area contributed by atoms with E-state index < -0.39 is 0 Å². The van der Waals surface area contributed by atoms with Crippen LogP contribution < -0.4 is 0 Å². The average Bonchev–Trinajstić information content (AvgIpc) is 2.66. The standard InChI is InChI=1S/C9H17O/c1-9(2,7-10)6-5-8-3-4-8/h8H,3-7H2,1-2H3. The summed E-state index contributed by atoms with van der Waals surface area (Å²) in [5, 5.41) is 10.6. The second kappa shape index (κ2) is 2.91. The van der Waals surface area contributed by atoms with Gasteiger partial charge in [0.1, 0.15) is 0 Å². The van der Waals surface area contributed by atoms with E-state index in [-0.39, 0.29) is 12.0 Å². The molecule has 0 heterocycles. The maximum absolute atomic E-state index is 10.6. The smallest absolute Gasteiger partial charge is 0.0873 e. The summed E-state index contributed by atoms with van der Waals surface area (Å²) in [6.07, 6.45) is 5.24. The highest BCUT2D eigenvalue weighted by Crippen LogP contribution is 2.37. The maximum Gasteiger partial charge on any atom is 0.0873 e. The Labute approximate surface area is 63.4 Å². The quantitative estimate of drug-likeness (QED) is 0.573. The molecule has 1 saturated carbocycles. The third-order valence-electron chi connectivity index (χ3n) is 2.32. The fraction of sp³-hybridized carbons (Fsp3) is 1.00. The molecule has 1 aliphatic rings. The van der Waals surface area contributed by atoms with Crippen molar-refractivity contribution in [3.63, 3.8) is 0 Å². The van der Waals surface area contributed by atoms with E-state index in [1.807, 2.05) is 0 Å². The van der Waals surface area contributed by atoms with Crippen LogP contribution in [0.3, 0.4) is 0 Å². The van der Waals surface area contributed by atoms with Gasteiger partial charge in [-0.15, -0.1) is 0 Å². The molecule has 59 valence electrons. The lowest BCUT2D eigenvalue weighted by Crippen LogP contribution is -2.15. The molecule has 1 fully saturated rings. The van der Waals surface area contributed by atoms with Gasteiger partial charge in [-0.05, 0) is 24.2 Å². The molecule has 0 aromatic rings. The number of hydrogen-bond acceptors (Lipinski definition) is 0. The molecule has 1 nitrogen and oxygen atoms in total. The molecule has 0 aromatic carbocycles. The zero-order valence-corrected chi connectivity index (χ0v) is 7.02. The topological polar surface area (TPSA) is 19.9 Å². The predicted molar refractivity (Wildman–Crippen MR) is 41.3 cm³/mol. The van der Waals surface area contributed by atoms with E-state index in [1.165, 1.54) is 19.3 Å². The molecule has 0 amide bonds. The molecule has 0 aliphatic heterocycles. The Hall–Kier alpha value is -0.0400. The van der Waals surface area contributed by atoms with Gasteiger partial charge in [0.15, 0.2) is 0 Å². The van der Waals surface area contributed by atoms with Gasteiger partial charge in [0.2, 0.25) is 0 Å². The van der Waals surface area contributed by atoms with Crippen LogP contribution in [0, 0.1) is 11.3 Å². The van der Waals surface area contributed by atoms with Gasteiger partial charge in [0.05, 0.1) is 6.61 Å². The second-order valence-electron chi connectivity index (χ2n) is 4.29. The van der Waals surface area contributed by atoms with Crippen LogP contribution in [-0.4, -0.2) is 6.61 Å². The van der Waals surface area contributed by atoms with Crippen LogP contribution in [0.15, 0.2) is 0 Å². The molecule has 0 aromatic heterocycles. The van der Waals surface area contributed by atoms with Gasteiger partial charge in [-0.1, -0.05) is 26.7 Å². The third kappa shape index (κ3) is 2.70. The summed E-state index contributed by atoms with van der Waals surface area (Å²) >= 11 is 0. The Kier molecular flexibility index (Phi) is 2.35. The normalized spacial score (nSPS) is 19.5. The highest BCUT2D eigenvalue weighted by molar-refractivity contribution is 4.77. The number of rotatable bonds is 4. The van der Waals surface area contributed by atoms with Crippen molar-refractivity contribution in [2.75, 3.05) is 6.61 Å². The number of hydrogen-bond donors (Lipinski definition) is 0. The molecule has 10 heavy (non-hydrogen) atoms. The van der Waals surface area contributed by atoms with E-state index in [2.05, 4.69) is 13.8 Å². The maximum atomic E-state index is 10.6. The van der Waals surface area contributed by atoms with E-state index >= 15 is 0 Å². The first-order chi connectivity index (χ1) is 4.64. The van der Waals surface area contributed by atoms with Gasteiger partial charge in [-0.2, -0.15) is 0 Å². The Morgan fingerprint density at radius 3 is 2.40 bits per heavy atom. The van der Waals surface area contributed by atoms with Gasteiger partial charge >= 0.3 is 0 Å². The summed E-state index contributed by atoms with van der Waals surface area (Å²) in [6.45, 7) is 4.23. The van der Waals surface area contributed by atoms with Crippen LogP contribution in [0.25, 0.3) is 0 Å². The Bertz CT molecular complexity index is 103. The summed E-state index contributed by atoms with van der Waals surface area (Å²) in [7, 11) is 0. The SMILES string of the molecule is CC(C)(C[O])CCC1CC1. The summed E-state index contributed by atoms with van der Waals surface area (Å²) < 4.78 is 0. The first-order valence-electron chi connectivity index (χ1n) is 4.22. The van der Waals surface area contributed by atoms with E-state index in [4.69, 9.17) is 0 Å². The van der Waals surface area contributed by atoms with Crippen LogP contribution in [0.4, 0.5) is 0 Å². The lowest BCUT2D eigenvalue weighted by atomic mass is 9.88. The van der Waals surface area contributed by atoms with Crippen molar-refractivity contribution in [2.45, 2.75) is 39.5 Å². The van der Waals surface area contributed by atoms with Crippen LogP contribution >= 0.6 is 0 Å². The highest BCUT2D eigenvalue weighted by Gasteiger charge is 2.25. The first kappa shape index (κ1) is 8.06. The molecule has 0 bridgehead atoms. The Balaban J connectivity index is 2.09. The second-order valence-corrected chi connectivity index (χ2v) is 4.29. The Morgan fingerprint density at radius 1 is 1.40 bits per heavy atom. The minimum atomic E-state index is 0.0581. The molecule has 0 atom stereocenters. The van der Waals surface area contributed by atoms with Crippen molar-refractivity contribution >= 4 is 0 Å². The van der Waals surface area contributed by atoms with Crippen LogP contribution in [0.5, 0.6) is 0 Å². The predicted octanol–water partition coefficient (Wildman–Crippen LogP) is 2.63. The third-order valence-corrected chi connectivity index (χ3v) is 2.32. The lowest BCUT2D eigenvalue weighted by Gasteiger charge is -2.19. The zero-order chi connectivity index (χ0) is 7.61. The van der Waals surface area contributed by atoms with E-state index in [0.717, 1.165) is 12.3 Å². The largest absolute Gasteiger partial charge is 0.236 e.